The molecule has 5 saturated carbocycles. The predicted octanol–water partition coefficient (Wildman–Crippen LogP) is 7.65. The number of ether oxygens (including phenoxy) is 2. The second-order valence-corrected chi connectivity index (χ2v) is 17.0. The molecule has 220 valence electrons. The molecule has 5 heteroatoms. The molecule has 1 heterocycles. The Labute approximate surface area is 236 Å². The molecule has 1 aliphatic heterocycles. The van der Waals surface area contributed by atoms with E-state index in [1.165, 1.54) is 51.4 Å². The molecule has 6 aliphatic rings. The van der Waals surface area contributed by atoms with Crippen molar-refractivity contribution < 1.29 is 24.2 Å². The standard InChI is InChI=1S/C34H54O5/c1-29(2)16-18-34-19-17-32(6)21(27(34)28(29)38-20-34)8-9-23-31(5)14-13-24(39-26(37)11-10-25(35)36)30(3,4)22(31)12-15-33(23,32)7/h21-24,27-28H,8-20H2,1-7H3,(H,35,36)/t21-,22-,23-,24-,27-,28-,31+,32-,33-,34+/m1/s1. The van der Waals surface area contributed by atoms with Crippen LogP contribution in [-0.4, -0.2) is 35.9 Å². The maximum atomic E-state index is 12.5. The van der Waals surface area contributed by atoms with Crippen LogP contribution in [0.4, 0.5) is 0 Å². The Balaban J connectivity index is 1.27. The highest BCUT2D eigenvalue weighted by Gasteiger charge is 2.72. The molecule has 0 aromatic rings. The number of carboxylic acids is 1. The number of hydrogen-bond donors (Lipinski definition) is 1. The van der Waals surface area contributed by atoms with Gasteiger partial charge in [-0.25, -0.2) is 0 Å². The van der Waals surface area contributed by atoms with E-state index in [0.29, 0.717) is 34.2 Å². The van der Waals surface area contributed by atoms with Gasteiger partial charge in [-0.1, -0.05) is 48.5 Å². The molecule has 1 N–H and O–H groups in total. The second-order valence-electron chi connectivity index (χ2n) is 17.0. The zero-order valence-electron chi connectivity index (χ0n) is 25.7. The Morgan fingerprint density at radius 1 is 0.795 bits per heavy atom. The van der Waals surface area contributed by atoms with Crippen LogP contribution in [0, 0.1) is 56.2 Å². The maximum Gasteiger partial charge on any atom is 0.306 e. The Morgan fingerprint density at radius 3 is 2.23 bits per heavy atom. The fourth-order valence-corrected chi connectivity index (χ4v) is 12.6. The van der Waals surface area contributed by atoms with Crippen LogP contribution in [0.2, 0.25) is 0 Å². The van der Waals surface area contributed by atoms with E-state index in [2.05, 4.69) is 48.5 Å². The van der Waals surface area contributed by atoms with Crippen molar-refractivity contribution in [2.75, 3.05) is 6.61 Å². The summed E-state index contributed by atoms with van der Waals surface area (Å²) in [6, 6.07) is 0. The van der Waals surface area contributed by atoms with Crippen molar-refractivity contribution >= 4 is 11.9 Å². The van der Waals surface area contributed by atoms with Gasteiger partial charge in [-0.3, -0.25) is 9.59 Å². The normalized spacial score (nSPS) is 51.1. The number of aliphatic carboxylic acids is 1. The average molecular weight is 543 g/mol. The van der Waals surface area contributed by atoms with Gasteiger partial charge in [0.25, 0.3) is 0 Å². The topological polar surface area (TPSA) is 72.8 Å². The molecule has 6 rings (SSSR count). The minimum absolute atomic E-state index is 0.0333. The van der Waals surface area contributed by atoms with Gasteiger partial charge in [0.1, 0.15) is 6.10 Å². The largest absolute Gasteiger partial charge is 0.481 e. The first-order valence-electron chi connectivity index (χ1n) is 16.1. The van der Waals surface area contributed by atoms with Crippen molar-refractivity contribution in [2.24, 2.45) is 56.2 Å². The number of carboxylic acid groups (broad SMARTS) is 1. The van der Waals surface area contributed by atoms with E-state index >= 15 is 0 Å². The van der Waals surface area contributed by atoms with Crippen molar-refractivity contribution in [3.63, 3.8) is 0 Å². The Bertz CT molecular complexity index is 1030. The zero-order chi connectivity index (χ0) is 28.2. The van der Waals surface area contributed by atoms with Gasteiger partial charge >= 0.3 is 11.9 Å². The van der Waals surface area contributed by atoms with Gasteiger partial charge in [0, 0.05) is 5.41 Å². The molecule has 2 bridgehead atoms. The minimum atomic E-state index is -0.942. The van der Waals surface area contributed by atoms with Crippen LogP contribution in [0.5, 0.6) is 0 Å². The van der Waals surface area contributed by atoms with Gasteiger partial charge in [-0.15, -0.1) is 0 Å². The van der Waals surface area contributed by atoms with Crippen LogP contribution in [0.15, 0.2) is 0 Å². The van der Waals surface area contributed by atoms with Gasteiger partial charge in [-0.05, 0) is 115 Å². The lowest BCUT2D eigenvalue weighted by Crippen LogP contribution is -2.67. The summed E-state index contributed by atoms with van der Waals surface area (Å²) < 4.78 is 12.7. The molecule has 5 nitrogen and oxygen atoms in total. The summed E-state index contributed by atoms with van der Waals surface area (Å²) in [5.74, 6) is 1.40. The summed E-state index contributed by atoms with van der Waals surface area (Å²) in [6.07, 6.45) is 12.6. The molecule has 0 radical (unpaired) electrons. The predicted molar refractivity (Wildman–Crippen MR) is 151 cm³/mol. The van der Waals surface area contributed by atoms with Gasteiger partial charge in [-0.2, -0.15) is 0 Å². The number of esters is 1. The summed E-state index contributed by atoms with van der Waals surface area (Å²) in [5.41, 5.74) is 1.52. The van der Waals surface area contributed by atoms with Crippen molar-refractivity contribution in [3.05, 3.63) is 0 Å². The quantitative estimate of drug-likeness (QED) is 0.369. The maximum absolute atomic E-state index is 12.5. The molecule has 1 saturated heterocycles. The molecule has 0 aromatic carbocycles. The van der Waals surface area contributed by atoms with Gasteiger partial charge in [0.15, 0.2) is 0 Å². The Kier molecular flexibility index (Phi) is 6.26. The molecular weight excluding hydrogens is 488 g/mol. The van der Waals surface area contributed by atoms with Gasteiger partial charge in [0.2, 0.25) is 0 Å². The van der Waals surface area contributed by atoms with Crippen LogP contribution in [0.3, 0.4) is 0 Å². The van der Waals surface area contributed by atoms with Crippen molar-refractivity contribution in [1.82, 2.24) is 0 Å². The lowest BCUT2D eigenvalue weighted by Gasteiger charge is -2.73. The Hall–Kier alpha value is -1.10. The number of carbonyl (C=O) groups is 2. The second kappa shape index (κ2) is 8.71. The van der Waals surface area contributed by atoms with E-state index in [1.807, 2.05) is 0 Å². The van der Waals surface area contributed by atoms with Crippen LogP contribution >= 0.6 is 0 Å². The van der Waals surface area contributed by atoms with E-state index in [4.69, 9.17) is 14.6 Å². The number of rotatable bonds is 4. The smallest absolute Gasteiger partial charge is 0.306 e. The fraction of sp³-hybridized carbons (Fsp3) is 0.941. The van der Waals surface area contributed by atoms with E-state index < -0.39 is 5.97 Å². The molecule has 5 aliphatic carbocycles. The highest BCUT2D eigenvalue weighted by molar-refractivity contribution is 5.76. The molecule has 0 aromatic heterocycles. The first-order chi connectivity index (χ1) is 18.1. The van der Waals surface area contributed by atoms with Crippen molar-refractivity contribution in [2.45, 2.75) is 138 Å². The molecule has 6 fully saturated rings. The van der Waals surface area contributed by atoms with Crippen molar-refractivity contribution in [3.8, 4) is 0 Å². The third kappa shape index (κ3) is 3.72. The van der Waals surface area contributed by atoms with Crippen LogP contribution in [-0.2, 0) is 19.1 Å². The average Bonchev–Trinajstić information content (AvgIpc) is 3.19. The summed E-state index contributed by atoms with van der Waals surface area (Å²) in [4.78, 5) is 23.5. The van der Waals surface area contributed by atoms with E-state index in [0.717, 1.165) is 31.3 Å². The third-order valence-corrected chi connectivity index (χ3v) is 14.9. The van der Waals surface area contributed by atoms with Gasteiger partial charge < -0.3 is 14.6 Å². The molecule has 0 unspecified atom stereocenters. The lowest BCUT2D eigenvalue weighted by atomic mass is 9.31. The number of carbonyl (C=O) groups excluding carboxylic acids is 1. The van der Waals surface area contributed by atoms with E-state index in [9.17, 15) is 9.59 Å². The Morgan fingerprint density at radius 2 is 1.51 bits per heavy atom. The molecule has 10 atom stereocenters. The van der Waals surface area contributed by atoms with Crippen LogP contribution < -0.4 is 0 Å². The number of hydrogen-bond acceptors (Lipinski definition) is 4. The van der Waals surface area contributed by atoms with Crippen LogP contribution in [0.1, 0.15) is 126 Å². The highest BCUT2D eigenvalue weighted by Crippen LogP contribution is 2.78. The van der Waals surface area contributed by atoms with E-state index in [-0.39, 0.29) is 41.2 Å². The van der Waals surface area contributed by atoms with Crippen LogP contribution in [0.25, 0.3) is 0 Å². The molecule has 0 amide bonds. The van der Waals surface area contributed by atoms with Crippen molar-refractivity contribution in [1.29, 1.82) is 0 Å². The zero-order valence-corrected chi connectivity index (χ0v) is 25.7. The monoisotopic (exact) mass is 542 g/mol. The summed E-state index contributed by atoms with van der Waals surface area (Å²) in [6.45, 7) is 18.6. The molecular formula is C34H54O5. The molecule has 0 spiro atoms. The number of fused-ring (bicyclic) bond motifs is 5. The minimum Gasteiger partial charge on any atom is -0.481 e. The SMILES string of the molecule is CC1(C)CC[C@@]23CC[C@]4(C)[C@H](CC[C@@H]5[C@@]6(C)CC[C@@H](OC(=O)CCC(=O)O)C(C)(C)[C@H]6CC[C@]54C)[C@@H]2[C@H]1OC3. The first kappa shape index (κ1) is 28.0. The third-order valence-electron chi connectivity index (χ3n) is 14.9. The van der Waals surface area contributed by atoms with Gasteiger partial charge in [0.05, 0.1) is 25.6 Å². The fourth-order valence-electron chi connectivity index (χ4n) is 12.6. The molecule has 39 heavy (non-hydrogen) atoms. The summed E-state index contributed by atoms with van der Waals surface area (Å²) in [7, 11) is 0. The summed E-state index contributed by atoms with van der Waals surface area (Å²) in [5, 5.41) is 9.00. The highest BCUT2D eigenvalue weighted by atomic mass is 16.5. The van der Waals surface area contributed by atoms with E-state index in [1.54, 1.807) is 0 Å². The summed E-state index contributed by atoms with van der Waals surface area (Å²) >= 11 is 0. The first-order valence-corrected chi connectivity index (χ1v) is 16.1. The lowest BCUT2D eigenvalue weighted by molar-refractivity contribution is -0.254.